The predicted molar refractivity (Wildman–Crippen MR) is 110 cm³/mol. The monoisotopic (exact) mass is 402 g/mol. The third kappa shape index (κ3) is 6.54. The lowest BCUT2D eigenvalue weighted by Crippen LogP contribution is -2.25. The van der Waals surface area contributed by atoms with Crippen LogP contribution >= 0.6 is 0 Å². The molecule has 1 saturated carbocycles. The molecule has 0 heterocycles. The van der Waals surface area contributed by atoms with Crippen molar-refractivity contribution in [1.29, 1.82) is 0 Å². The van der Waals surface area contributed by atoms with E-state index in [0.29, 0.717) is 17.2 Å². The van der Waals surface area contributed by atoms with Crippen molar-refractivity contribution in [1.82, 2.24) is 0 Å². The van der Waals surface area contributed by atoms with Crippen molar-refractivity contribution in [3.63, 3.8) is 0 Å². The molecule has 0 amide bonds. The van der Waals surface area contributed by atoms with Gasteiger partial charge < -0.3 is 18.9 Å². The maximum atomic E-state index is 12.0. The Balaban J connectivity index is 1.91. The van der Waals surface area contributed by atoms with Gasteiger partial charge in [-0.05, 0) is 61.8 Å². The van der Waals surface area contributed by atoms with E-state index in [-0.39, 0.29) is 30.9 Å². The summed E-state index contributed by atoms with van der Waals surface area (Å²) in [7, 11) is 3.02. The van der Waals surface area contributed by atoms with E-state index in [1.807, 2.05) is 19.1 Å². The van der Waals surface area contributed by atoms with Crippen molar-refractivity contribution in [2.75, 3.05) is 27.4 Å². The largest absolute Gasteiger partial charge is 0.459 e. The second-order valence-electron chi connectivity index (χ2n) is 7.36. The Hall–Kier alpha value is -2.44. The van der Waals surface area contributed by atoms with Crippen molar-refractivity contribution in [2.24, 2.45) is 0 Å². The molecule has 1 aromatic rings. The molecule has 1 fully saturated rings. The highest BCUT2D eigenvalue weighted by Gasteiger charge is 2.26. The second-order valence-corrected chi connectivity index (χ2v) is 7.36. The molecule has 0 bridgehead atoms. The van der Waals surface area contributed by atoms with Gasteiger partial charge in [0.25, 0.3) is 0 Å². The number of ether oxygens (including phenoxy) is 4. The van der Waals surface area contributed by atoms with Crippen LogP contribution in [0.25, 0.3) is 0 Å². The quantitative estimate of drug-likeness (QED) is 0.355. The molecule has 0 radical (unpaired) electrons. The first kappa shape index (κ1) is 22.8. The van der Waals surface area contributed by atoms with Gasteiger partial charge in [0.05, 0.1) is 24.4 Å². The summed E-state index contributed by atoms with van der Waals surface area (Å²) in [6, 6.07) is 5.68. The molecule has 6 heteroatoms. The smallest absolute Gasteiger partial charge is 0.341 e. The van der Waals surface area contributed by atoms with Gasteiger partial charge in [0.2, 0.25) is 0 Å². The molecule has 0 aromatic heterocycles. The molecule has 1 aliphatic rings. The van der Waals surface area contributed by atoms with E-state index >= 15 is 0 Å². The fraction of sp³-hybridized carbons (Fsp3) is 0.478. The van der Waals surface area contributed by atoms with Crippen molar-refractivity contribution in [3.05, 3.63) is 53.6 Å². The normalized spacial score (nSPS) is 18.7. The minimum absolute atomic E-state index is 0.0836. The molecule has 2 rings (SSSR count). The molecule has 6 nitrogen and oxygen atoms in total. The highest BCUT2D eigenvalue weighted by atomic mass is 16.5. The van der Waals surface area contributed by atoms with Gasteiger partial charge in [0.15, 0.2) is 0 Å². The van der Waals surface area contributed by atoms with E-state index in [1.165, 1.54) is 19.8 Å². The Morgan fingerprint density at radius 3 is 2.10 bits per heavy atom. The van der Waals surface area contributed by atoms with Crippen molar-refractivity contribution >= 4 is 11.9 Å². The van der Waals surface area contributed by atoms with E-state index in [4.69, 9.17) is 18.9 Å². The van der Waals surface area contributed by atoms with Crippen LogP contribution < -0.4 is 4.74 Å². The third-order valence-corrected chi connectivity index (χ3v) is 5.05. The molecule has 29 heavy (non-hydrogen) atoms. The van der Waals surface area contributed by atoms with Gasteiger partial charge in [0, 0.05) is 14.2 Å². The zero-order valence-corrected chi connectivity index (χ0v) is 17.5. The maximum Gasteiger partial charge on any atom is 0.341 e. The van der Waals surface area contributed by atoms with Crippen LogP contribution in [0.3, 0.4) is 0 Å². The number of methoxy groups -OCH3 is 2. The van der Waals surface area contributed by atoms with Gasteiger partial charge in [-0.2, -0.15) is 0 Å². The Bertz CT molecular complexity index is 759. The number of benzene rings is 1. The Morgan fingerprint density at radius 2 is 1.55 bits per heavy atom. The third-order valence-electron chi connectivity index (χ3n) is 5.05. The molecule has 158 valence electrons. The van der Waals surface area contributed by atoms with E-state index in [9.17, 15) is 9.59 Å². The molecule has 0 N–H and O–H groups in total. The zero-order chi connectivity index (χ0) is 21.4. The van der Waals surface area contributed by atoms with Gasteiger partial charge in [-0.25, -0.2) is 9.59 Å². The Kier molecular flexibility index (Phi) is 8.61. The number of rotatable bonds is 9. The van der Waals surface area contributed by atoms with Crippen molar-refractivity contribution < 1.29 is 28.5 Å². The van der Waals surface area contributed by atoms with Gasteiger partial charge in [0.1, 0.15) is 11.9 Å². The number of esters is 2. The fourth-order valence-electron chi connectivity index (χ4n) is 3.54. The van der Waals surface area contributed by atoms with Crippen LogP contribution in [0.1, 0.15) is 42.7 Å². The Labute approximate surface area is 172 Å². The summed E-state index contributed by atoms with van der Waals surface area (Å²) < 4.78 is 20.7. The van der Waals surface area contributed by atoms with E-state index in [1.54, 1.807) is 6.07 Å². The van der Waals surface area contributed by atoms with Crippen LogP contribution in [0.5, 0.6) is 5.75 Å². The summed E-state index contributed by atoms with van der Waals surface area (Å²) in [6.45, 7) is 9.68. The maximum absolute atomic E-state index is 12.0. The SMILES string of the molecule is C=C(COC)C(=O)Oc1ccc(C2CCC(OC(=O)C(=C)COC)CC2)c(C)c1. The van der Waals surface area contributed by atoms with Crippen molar-refractivity contribution in [2.45, 2.75) is 44.6 Å². The molecule has 0 atom stereocenters. The lowest BCUT2D eigenvalue weighted by atomic mass is 9.81. The number of hydrogen-bond acceptors (Lipinski definition) is 6. The number of carbonyl (C=O) groups excluding carboxylic acids is 2. The molecule has 1 aliphatic carbocycles. The van der Waals surface area contributed by atoms with Crippen LogP contribution in [0.2, 0.25) is 0 Å². The molecule has 0 spiro atoms. The molecular formula is C23H30O6. The van der Waals surface area contributed by atoms with Crippen molar-refractivity contribution in [3.8, 4) is 5.75 Å². The average Bonchev–Trinajstić information content (AvgIpc) is 2.69. The van der Waals surface area contributed by atoms with Crippen LogP contribution in [0.15, 0.2) is 42.5 Å². The molecular weight excluding hydrogens is 372 g/mol. The summed E-state index contributed by atoms with van der Waals surface area (Å²) in [6.07, 6.45) is 3.39. The average molecular weight is 402 g/mol. The van der Waals surface area contributed by atoms with Crippen LogP contribution in [-0.2, 0) is 23.8 Å². The minimum Gasteiger partial charge on any atom is -0.459 e. The molecule has 0 saturated heterocycles. The van der Waals surface area contributed by atoms with E-state index < -0.39 is 5.97 Å². The van der Waals surface area contributed by atoms with E-state index in [0.717, 1.165) is 31.2 Å². The zero-order valence-electron chi connectivity index (χ0n) is 17.5. The van der Waals surface area contributed by atoms with Gasteiger partial charge >= 0.3 is 11.9 Å². The number of carbonyl (C=O) groups is 2. The van der Waals surface area contributed by atoms with Gasteiger partial charge in [-0.3, -0.25) is 0 Å². The second kappa shape index (κ2) is 10.9. The van der Waals surface area contributed by atoms with Crippen LogP contribution in [0.4, 0.5) is 0 Å². The van der Waals surface area contributed by atoms with Gasteiger partial charge in [-0.1, -0.05) is 19.2 Å². The lowest BCUT2D eigenvalue weighted by Gasteiger charge is -2.29. The fourth-order valence-corrected chi connectivity index (χ4v) is 3.54. The first-order chi connectivity index (χ1) is 13.8. The molecule has 0 aliphatic heterocycles. The highest BCUT2D eigenvalue weighted by molar-refractivity contribution is 5.89. The first-order valence-corrected chi connectivity index (χ1v) is 9.72. The highest BCUT2D eigenvalue weighted by Crippen LogP contribution is 2.36. The predicted octanol–water partition coefficient (Wildman–Crippen LogP) is 3.88. The molecule has 1 aromatic carbocycles. The summed E-state index contributed by atoms with van der Waals surface area (Å²) >= 11 is 0. The number of aryl methyl sites for hydroxylation is 1. The summed E-state index contributed by atoms with van der Waals surface area (Å²) in [5.41, 5.74) is 2.91. The lowest BCUT2D eigenvalue weighted by molar-refractivity contribution is -0.146. The molecule has 0 unspecified atom stereocenters. The summed E-state index contributed by atoms with van der Waals surface area (Å²) in [5.74, 6) is 0.0113. The summed E-state index contributed by atoms with van der Waals surface area (Å²) in [5, 5.41) is 0. The van der Waals surface area contributed by atoms with Crippen LogP contribution in [-0.4, -0.2) is 45.5 Å². The standard InChI is InChI=1S/C23H30O6/c1-15-12-20(29-23(25)17(3)14-27-5)10-11-21(15)18-6-8-19(9-7-18)28-22(24)16(2)13-26-4/h10-12,18-19H,2-3,6-9,13-14H2,1,4-5H3. The summed E-state index contributed by atoms with van der Waals surface area (Å²) in [4.78, 5) is 23.9. The van der Waals surface area contributed by atoms with E-state index in [2.05, 4.69) is 13.2 Å². The first-order valence-electron chi connectivity index (χ1n) is 9.72. The Morgan fingerprint density at radius 1 is 0.966 bits per heavy atom. The van der Waals surface area contributed by atoms with Crippen LogP contribution in [0, 0.1) is 6.92 Å². The topological polar surface area (TPSA) is 71.1 Å². The number of hydrogen-bond donors (Lipinski definition) is 0. The van der Waals surface area contributed by atoms with Gasteiger partial charge in [-0.15, -0.1) is 0 Å². The minimum atomic E-state index is -0.489.